The van der Waals surface area contributed by atoms with Gasteiger partial charge in [-0.1, -0.05) is 33.1 Å². The summed E-state index contributed by atoms with van der Waals surface area (Å²) in [5.41, 5.74) is 0. The van der Waals surface area contributed by atoms with Crippen molar-refractivity contribution in [3.63, 3.8) is 0 Å². The topological polar surface area (TPSA) is 20.2 Å². The molecule has 72 valence electrons. The summed E-state index contributed by atoms with van der Waals surface area (Å²) in [5.74, 6) is 2.08. The SMILES string of the molecule is CC(C)C(CC1CCC1)C(C)O. The molecule has 0 radical (unpaired) electrons. The molecule has 2 atom stereocenters. The fraction of sp³-hybridized carbons (Fsp3) is 1.00. The lowest BCUT2D eigenvalue weighted by Gasteiger charge is -2.33. The summed E-state index contributed by atoms with van der Waals surface area (Å²) in [7, 11) is 0. The monoisotopic (exact) mass is 170 g/mol. The van der Waals surface area contributed by atoms with Crippen molar-refractivity contribution in [2.75, 3.05) is 0 Å². The van der Waals surface area contributed by atoms with E-state index in [1.54, 1.807) is 0 Å². The minimum absolute atomic E-state index is 0.120. The molecule has 1 saturated carbocycles. The summed E-state index contributed by atoms with van der Waals surface area (Å²) in [6.07, 6.45) is 5.34. The lowest BCUT2D eigenvalue weighted by Crippen LogP contribution is -2.27. The van der Waals surface area contributed by atoms with Crippen molar-refractivity contribution < 1.29 is 5.11 Å². The zero-order valence-corrected chi connectivity index (χ0v) is 8.59. The molecular weight excluding hydrogens is 148 g/mol. The molecule has 0 amide bonds. The quantitative estimate of drug-likeness (QED) is 0.688. The standard InChI is InChI=1S/C11H22O/c1-8(2)11(9(3)12)7-10-5-4-6-10/h8-12H,4-7H2,1-3H3. The fourth-order valence-electron chi connectivity index (χ4n) is 2.14. The largest absolute Gasteiger partial charge is 0.393 e. The van der Waals surface area contributed by atoms with Gasteiger partial charge in [-0.05, 0) is 31.1 Å². The van der Waals surface area contributed by atoms with Crippen LogP contribution in [0.5, 0.6) is 0 Å². The second-order valence-electron chi connectivity index (χ2n) is 4.68. The molecule has 0 aromatic carbocycles. The first kappa shape index (κ1) is 10.0. The van der Waals surface area contributed by atoms with Crippen LogP contribution in [0.4, 0.5) is 0 Å². The predicted octanol–water partition coefficient (Wildman–Crippen LogP) is 2.83. The first-order valence-electron chi connectivity index (χ1n) is 5.29. The Hall–Kier alpha value is -0.0400. The highest BCUT2D eigenvalue weighted by molar-refractivity contribution is 4.77. The summed E-state index contributed by atoms with van der Waals surface area (Å²) in [4.78, 5) is 0. The number of rotatable bonds is 4. The van der Waals surface area contributed by atoms with Gasteiger partial charge in [-0.15, -0.1) is 0 Å². The normalized spacial score (nSPS) is 23.8. The minimum atomic E-state index is -0.120. The minimum Gasteiger partial charge on any atom is -0.393 e. The Morgan fingerprint density at radius 2 is 1.83 bits per heavy atom. The second-order valence-corrected chi connectivity index (χ2v) is 4.68. The van der Waals surface area contributed by atoms with Crippen molar-refractivity contribution in [2.45, 2.75) is 52.6 Å². The van der Waals surface area contributed by atoms with Crippen LogP contribution in [0.15, 0.2) is 0 Å². The summed E-state index contributed by atoms with van der Waals surface area (Å²) >= 11 is 0. The van der Waals surface area contributed by atoms with Crippen molar-refractivity contribution in [3.05, 3.63) is 0 Å². The van der Waals surface area contributed by atoms with E-state index in [-0.39, 0.29) is 6.10 Å². The molecule has 0 aromatic rings. The van der Waals surface area contributed by atoms with Crippen molar-refractivity contribution in [3.8, 4) is 0 Å². The zero-order valence-electron chi connectivity index (χ0n) is 8.59. The Bertz CT molecular complexity index is 117. The molecule has 2 unspecified atom stereocenters. The maximum Gasteiger partial charge on any atom is 0.0542 e. The summed E-state index contributed by atoms with van der Waals surface area (Å²) in [5, 5.41) is 9.55. The average Bonchev–Trinajstić information content (AvgIpc) is 1.82. The molecule has 1 fully saturated rings. The third-order valence-corrected chi connectivity index (χ3v) is 3.31. The van der Waals surface area contributed by atoms with Gasteiger partial charge in [0.1, 0.15) is 0 Å². The Morgan fingerprint density at radius 1 is 1.25 bits per heavy atom. The van der Waals surface area contributed by atoms with Crippen molar-refractivity contribution in [1.29, 1.82) is 0 Å². The van der Waals surface area contributed by atoms with Crippen LogP contribution in [0.3, 0.4) is 0 Å². The van der Waals surface area contributed by atoms with Crippen molar-refractivity contribution in [1.82, 2.24) is 0 Å². The van der Waals surface area contributed by atoms with Crippen molar-refractivity contribution in [2.24, 2.45) is 17.8 Å². The molecule has 0 bridgehead atoms. The Morgan fingerprint density at radius 3 is 2.08 bits per heavy atom. The van der Waals surface area contributed by atoms with Crippen molar-refractivity contribution >= 4 is 0 Å². The predicted molar refractivity (Wildman–Crippen MR) is 52.0 cm³/mol. The van der Waals surface area contributed by atoms with Crippen LogP contribution in [0.1, 0.15) is 46.5 Å². The lowest BCUT2D eigenvalue weighted by atomic mass is 9.74. The molecular formula is C11H22O. The maximum atomic E-state index is 9.55. The third-order valence-electron chi connectivity index (χ3n) is 3.31. The van der Waals surface area contributed by atoms with E-state index in [9.17, 15) is 5.11 Å². The Kier molecular flexibility index (Phi) is 3.57. The number of aliphatic hydroxyl groups excluding tert-OH is 1. The van der Waals surface area contributed by atoms with Crippen LogP contribution in [0, 0.1) is 17.8 Å². The van der Waals surface area contributed by atoms with Gasteiger partial charge in [0.05, 0.1) is 6.10 Å². The van der Waals surface area contributed by atoms with E-state index in [1.165, 1.54) is 25.7 Å². The van der Waals surface area contributed by atoms with Crippen LogP contribution in [-0.2, 0) is 0 Å². The van der Waals surface area contributed by atoms with Gasteiger partial charge in [0.2, 0.25) is 0 Å². The summed E-state index contributed by atoms with van der Waals surface area (Å²) < 4.78 is 0. The van der Waals surface area contributed by atoms with Crippen LogP contribution < -0.4 is 0 Å². The van der Waals surface area contributed by atoms with Gasteiger partial charge >= 0.3 is 0 Å². The van der Waals surface area contributed by atoms with Crippen LogP contribution in [0.2, 0.25) is 0 Å². The molecule has 1 aliphatic carbocycles. The van der Waals surface area contributed by atoms with E-state index in [0.717, 1.165) is 5.92 Å². The van der Waals surface area contributed by atoms with E-state index in [2.05, 4.69) is 13.8 Å². The Balaban J connectivity index is 2.31. The molecule has 0 spiro atoms. The lowest BCUT2D eigenvalue weighted by molar-refractivity contribution is 0.0682. The van der Waals surface area contributed by atoms with Gasteiger partial charge in [-0.3, -0.25) is 0 Å². The number of hydrogen-bond acceptors (Lipinski definition) is 1. The van der Waals surface area contributed by atoms with E-state index >= 15 is 0 Å². The number of hydrogen-bond donors (Lipinski definition) is 1. The Labute approximate surface area is 76.2 Å². The molecule has 1 aliphatic rings. The van der Waals surface area contributed by atoms with Crippen LogP contribution in [-0.4, -0.2) is 11.2 Å². The molecule has 0 saturated heterocycles. The fourth-order valence-corrected chi connectivity index (χ4v) is 2.14. The van der Waals surface area contributed by atoms with Gasteiger partial charge in [-0.2, -0.15) is 0 Å². The third kappa shape index (κ3) is 2.48. The summed E-state index contributed by atoms with van der Waals surface area (Å²) in [6.45, 7) is 6.37. The second kappa shape index (κ2) is 4.27. The summed E-state index contributed by atoms with van der Waals surface area (Å²) in [6, 6.07) is 0. The molecule has 1 heteroatoms. The van der Waals surface area contributed by atoms with Gasteiger partial charge in [0.15, 0.2) is 0 Å². The van der Waals surface area contributed by atoms with Crippen LogP contribution >= 0.6 is 0 Å². The van der Waals surface area contributed by atoms with Gasteiger partial charge in [0, 0.05) is 0 Å². The highest BCUT2D eigenvalue weighted by Crippen LogP contribution is 2.35. The van der Waals surface area contributed by atoms with Gasteiger partial charge in [-0.25, -0.2) is 0 Å². The highest BCUT2D eigenvalue weighted by atomic mass is 16.3. The van der Waals surface area contributed by atoms with E-state index in [4.69, 9.17) is 0 Å². The molecule has 0 aliphatic heterocycles. The smallest absolute Gasteiger partial charge is 0.0542 e. The average molecular weight is 170 g/mol. The highest BCUT2D eigenvalue weighted by Gasteiger charge is 2.26. The molecule has 1 nitrogen and oxygen atoms in total. The molecule has 0 heterocycles. The molecule has 12 heavy (non-hydrogen) atoms. The van der Waals surface area contributed by atoms with Gasteiger partial charge in [0.25, 0.3) is 0 Å². The molecule has 1 rings (SSSR count). The molecule has 1 N–H and O–H groups in total. The van der Waals surface area contributed by atoms with E-state index < -0.39 is 0 Å². The first-order valence-corrected chi connectivity index (χ1v) is 5.29. The van der Waals surface area contributed by atoms with E-state index in [0.29, 0.717) is 11.8 Å². The first-order chi connectivity index (χ1) is 5.61. The van der Waals surface area contributed by atoms with E-state index in [1.807, 2.05) is 6.92 Å². The molecule has 0 aromatic heterocycles. The zero-order chi connectivity index (χ0) is 9.14. The maximum absolute atomic E-state index is 9.55. The van der Waals surface area contributed by atoms with Gasteiger partial charge < -0.3 is 5.11 Å². The van der Waals surface area contributed by atoms with Crippen LogP contribution in [0.25, 0.3) is 0 Å². The number of aliphatic hydroxyl groups is 1.